The van der Waals surface area contributed by atoms with Gasteiger partial charge in [0, 0.05) is 39.5 Å². The smallest absolute Gasteiger partial charge is 0.191 e. The first-order valence-corrected chi connectivity index (χ1v) is 7.48. The summed E-state index contributed by atoms with van der Waals surface area (Å²) in [7, 11) is 3.68. The van der Waals surface area contributed by atoms with Crippen LogP contribution >= 0.6 is 0 Å². The van der Waals surface area contributed by atoms with E-state index in [0.29, 0.717) is 6.54 Å². The van der Waals surface area contributed by atoms with Crippen LogP contribution in [-0.2, 0) is 20.0 Å². The maximum absolute atomic E-state index is 4.22. The first-order chi connectivity index (χ1) is 11.3. The summed E-state index contributed by atoms with van der Waals surface area (Å²) < 4.78 is 3.83. The van der Waals surface area contributed by atoms with Crippen molar-refractivity contribution in [1.82, 2.24) is 35.0 Å². The average Bonchev–Trinajstić information content (AvgIpc) is 3.17. The van der Waals surface area contributed by atoms with Gasteiger partial charge in [-0.2, -0.15) is 5.10 Å². The molecule has 0 fully saturated rings. The zero-order chi connectivity index (χ0) is 16.1. The molecule has 2 N–H and O–H groups in total. The molecule has 0 unspecified atom stereocenters. The van der Waals surface area contributed by atoms with Gasteiger partial charge in [0.1, 0.15) is 5.82 Å². The van der Waals surface area contributed by atoms with Gasteiger partial charge in [0.05, 0.1) is 12.2 Å². The van der Waals surface area contributed by atoms with Crippen LogP contribution in [0, 0.1) is 0 Å². The Bertz CT molecular complexity index is 801. The van der Waals surface area contributed by atoms with E-state index in [1.54, 1.807) is 13.2 Å². The molecule has 3 rings (SSSR count). The summed E-state index contributed by atoms with van der Waals surface area (Å²) in [6, 6.07) is 7.85. The summed E-state index contributed by atoms with van der Waals surface area (Å²) >= 11 is 0. The lowest BCUT2D eigenvalue weighted by Crippen LogP contribution is -2.38. The first kappa shape index (κ1) is 15.0. The van der Waals surface area contributed by atoms with E-state index in [1.165, 1.54) is 0 Å². The third-order valence-corrected chi connectivity index (χ3v) is 3.61. The van der Waals surface area contributed by atoms with Gasteiger partial charge in [-0.1, -0.05) is 6.07 Å². The lowest BCUT2D eigenvalue weighted by molar-refractivity contribution is 0.682. The monoisotopic (exact) mass is 312 g/mol. The van der Waals surface area contributed by atoms with Gasteiger partial charge in [-0.3, -0.25) is 14.1 Å². The quantitative estimate of drug-likeness (QED) is 0.525. The molecule has 3 aromatic rings. The Balaban J connectivity index is 1.51. The van der Waals surface area contributed by atoms with Crippen molar-refractivity contribution in [2.75, 3.05) is 13.6 Å². The minimum atomic E-state index is 0.671. The molecular weight excluding hydrogens is 292 g/mol. The van der Waals surface area contributed by atoms with Crippen molar-refractivity contribution >= 4 is 11.6 Å². The second-order valence-corrected chi connectivity index (χ2v) is 5.09. The maximum Gasteiger partial charge on any atom is 0.191 e. The van der Waals surface area contributed by atoms with E-state index in [1.807, 2.05) is 46.6 Å². The molecule has 23 heavy (non-hydrogen) atoms. The molecule has 0 aromatic carbocycles. The molecule has 120 valence electrons. The summed E-state index contributed by atoms with van der Waals surface area (Å²) in [5, 5.41) is 19.1. The molecule has 0 aliphatic heterocycles. The molecule has 0 spiro atoms. The van der Waals surface area contributed by atoms with Crippen LogP contribution in [0.15, 0.2) is 41.7 Å². The summed E-state index contributed by atoms with van der Waals surface area (Å²) in [6.07, 6.45) is 4.52. The summed E-state index contributed by atoms with van der Waals surface area (Å²) in [5.41, 5.74) is 1.96. The number of nitrogens with one attached hydrogen (secondary N) is 2. The van der Waals surface area contributed by atoms with Crippen LogP contribution in [0.4, 0.5) is 0 Å². The predicted molar refractivity (Wildman–Crippen MR) is 88.1 cm³/mol. The standard InChI is InChI=1S/C15H20N8/c1-16-15(18-11-12-6-9-19-22(12)2)17-8-7-14-21-20-13-5-3-4-10-23(13)14/h3-6,9-10H,7-8,11H2,1-2H3,(H2,16,17,18). The first-order valence-electron chi connectivity index (χ1n) is 7.48. The minimum absolute atomic E-state index is 0.671. The molecule has 8 heteroatoms. The van der Waals surface area contributed by atoms with E-state index in [-0.39, 0.29) is 0 Å². The molecular formula is C15H20N8. The molecule has 0 aliphatic rings. The van der Waals surface area contributed by atoms with Gasteiger partial charge in [-0.15, -0.1) is 10.2 Å². The molecule has 0 radical (unpaired) electrons. The van der Waals surface area contributed by atoms with E-state index in [9.17, 15) is 0 Å². The van der Waals surface area contributed by atoms with Gasteiger partial charge in [0.2, 0.25) is 0 Å². The van der Waals surface area contributed by atoms with E-state index < -0.39 is 0 Å². The second kappa shape index (κ2) is 6.91. The van der Waals surface area contributed by atoms with Crippen LogP contribution in [0.2, 0.25) is 0 Å². The fourth-order valence-electron chi connectivity index (χ4n) is 2.32. The Morgan fingerprint density at radius 1 is 1.22 bits per heavy atom. The van der Waals surface area contributed by atoms with Gasteiger partial charge in [-0.05, 0) is 18.2 Å². The molecule has 8 nitrogen and oxygen atoms in total. The number of pyridine rings is 1. The summed E-state index contributed by atoms with van der Waals surface area (Å²) in [5.74, 6) is 1.68. The molecule has 0 atom stereocenters. The SMILES string of the molecule is CN=C(NCCc1nnc2ccccn12)NCc1ccnn1C. The number of rotatable bonds is 5. The number of hydrogen-bond acceptors (Lipinski definition) is 4. The Kier molecular flexibility index (Phi) is 4.51. The number of guanidine groups is 1. The van der Waals surface area contributed by atoms with E-state index >= 15 is 0 Å². The lowest BCUT2D eigenvalue weighted by atomic mass is 10.4. The van der Waals surface area contributed by atoms with Crippen molar-refractivity contribution in [3.63, 3.8) is 0 Å². The molecule has 0 bridgehead atoms. The van der Waals surface area contributed by atoms with Crippen molar-refractivity contribution in [1.29, 1.82) is 0 Å². The van der Waals surface area contributed by atoms with Crippen molar-refractivity contribution in [3.8, 4) is 0 Å². The molecule has 3 aromatic heterocycles. The van der Waals surface area contributed by atoms with Crippen molar-refractivity contribution in [2.45, 2.75) is 13.0 Å². The fourth-order valence-corrected chi connectivity index (χ4v) is 2.32. The predicted octanol–water partition coefficient (Wildman–Crippen LogP) is 0.370. The highest BCUT2D eigenvalue weighted by Crippen LogP contribution is 2.02. The highest BCUT2D eigenvalue weighted by molar-refractivity contribution is 5.79. The van der Waals surface area contributed by atoms with Gasteiger partial charge in [-0.25, -0.2) is 0 Å². The van der Waals surface area contributed by atoms with Gasteiger partial charge < -0.3 is 10.6 Å². The Morgan fingerprint density at radius 3 is 2.91 bits per heavy atom. The molecule has 0 saturated carbocycles. The van der Waals surface area contributed by atoms with E-state index in [0.717, 1.165) is 36.1 Å². The Labute approximate surface area is 134 Å². The van der Waals surface area contributed by atoms with Crippen LogP contribution in [-0.4, -0.2) is 43.9 Å². The Morgan fingerprint density at radius 2 is 2.13 bits per heavy atom. The highest BCUT2D eigenvalue weighted by Gasteiger charge is 2.05. The number of aromatic nitrogens is 5. The van der Waals surface area contributed by atoms with Crippen molar-refractivity contribution in [3.05, 3.63) is 48.2 Å². The van der Waals surface area contributed by atoms with Gasteiger partial charge >= 0.3 is 0 Å². The van der Waals surface area contributed by atoms with Crippen LogP contribution in [0.1, 0.15) is 11.5 Å². The lowest BCUT2D eigenvalue weighted by Gasteiger charge is -2.11. The topological polar surface area (TPSA) is 84.4 Å². The molecule has 0 aliphatic carbocycles. The van der Waals surface area contributed by atoms with Gasteiger partial charge in [0.25, 0.3) is 0 Å². The van der Waals surface area contributed by atoms with Crippen LogP contribution in [0.5, 0.6) is 0 Å². The summed E-state index contributed by atoms with van der Waals surface area (Å²) in [4.78, 5) is 4.22. The molecule has 0 amide bonds. The largest absolute Gasteiger partial charge is 0.356 e. The van der Waals surface area contributed by atoms with Crippen molar-refractivity contribution in [2.24, 2.45) is 12.0 Å². The fraction of sp³-hybridized carbons (Fsp3) is 0.333. The van der Waals surface area contributed by atoms with Crippen LogP contribution in [0.25, 0.3) is 5.65 Å². The van der Waals surface area contributed by atoms with Crippen molar-refractivity contribution < 1.29 is 0 Å². The maximum atomic E-state index is 4.22. The third kappa shape index (κ3) is 3.47. The zero-order valence-corrected chi connectivity index (χ0v) is 13.3. The highest BCUT2D eigenvalue weighted by atomic mass is 15.3. The van der Waals surface area contributed by atoms with E-state index in [4.69, 9.17) is 0 Å². The second-order valence-electron chi connectivity index (χ2n) is 5.09. The van der Waals surface area contributed by atoms with E-state index in [2.05, 4.69) is 30.9 Å². The third-order valence-electron chi connectivity index (χ3n) is 3.61. The number of hydrogen-bond donors (Lipinski definition) is 2. The number of aliphatic imine (C=N–C) groups is 1. The Hall–Kier alpha value is -2.90. The van der Waals surface area contributed by atoms with Crippen LogP contribution < -0.4 is 10.6 Å². The normalized spacial score (nSPS) is 11.8. The van der Waals surface area contributed by atoms with Gasteiger partial charge in [0.15, 0.2) is 11.6 Å². The summed E-state index contributed by atoms with van der Waals surface area (Å²) in [6.45, 7) is 1.39. The number of aryl methyl sites for hydroxylation is 1. The molecule has 3 heterocycles. The zero-order valence-electron chi connectivity index (χ0n) is 13.3. The van der Waals surface area contributed by atoms with Crippen LogP contribution in [0.3, 0.4) is 0 Å². The number of fused-ring (bicyclic) bond motifs is 1. The minimum Gasteiger partial charge on any atom is -0.356 e. The number of nitrogens with zero attached hydrogens (tertiary/aromatic N) is 6. The molecule has 0 saturated heterocycles. The average molecular weight is 312 g/mol.